The Bertz CT molecular complexity index is 717. The minimum Gasteiger partial charge on any atom is -0.382 e. The summed E-state index contributed by atoms with van der Waals surface area (Å²) in [5, 5.41) is 6.72. The summed E-state index contributed by atoms with van der Waals surface area (Å²) in [6.07, 6.45) is 5.70. The van der Waals surface area contributed by atoms with Crippen LogP contribution in [0, 0.1) is 6.92 Å². The van der Waals surface area contributed by atoms with Crippen LogP contribution in [-0.2, 0) is 6.42 Å². The van der Waals surface area contributed by atoms with Gasteiger partial charge in [-0.1, -0.05) is 42.5 Å². The van der Waals surface area contributed by atoms with E-state index in [2.05, 4.69) is 32.7 Å². The Labute approximate surface area is 162 Å². The van der Waals surface area contributed by atoms with Crippen LogP contribution in [0.15, 0.2) is 73.1 Å². The average molecular weight is 364 g/mol. The summed E-state index contributed by atoms with van der Waals surface area (Å²) in [5.74, 6) is 0.553. The molecule has 0 aliphatic carbocycles. The van der Waals surface area contributed by atoms with E-state index in [4.69, 9.17) is 5.73 Å². The Morgan fingerprint density at radius 3 is 2.22 bits per heavy atom. The third-order valence-corrected chi connectivity index (χ3v) is 3.91. The molecule has 0 saturated heterocycles. The van der Waals surface area contributed by atoms with E-state index in [1.165, 1.54) is 5.56 Å². The molecular formula is C22H29N5. The van der Waals surface area contributed by atoms with Gasteiger partial charge in [0.1, 0.15) is 5.82 Å². The maximum absolute atomic E-state index is 5.76. The van der Waals surface area contributed by atoms with Gasteiger partial charge in [0.15, 0.2) is 0 Å². The zero-order valence-electron chi connectivity index (χ0n) is 15.9. The molecule has 0 atom stereocenters. The highest BCUT2D eigenvalue weighted by Gasteiger charge is 1.97. The number of pyridine rings is 2. The Morgan fingerprint density at radius 2 is 1.59 bits per heavy atom. The van der Waals surface area contributed by atoms with Crippen molar-refractivity contribution in [1.29, 1.82) is 0 Å². The molecule has 0 unspecified atom stereocenters. The summed E-state index contributed by atoms with van der Waals surface area (Å²) in [7, 11) is 0. The average Bonchev–Trinajstić information content (AvgIpc) is 2.72. The van der Waals surface area contributed by atoms with Gasteiger partial charge in [-0.3, -0.25) is 4.98 Å². The first kappa shape index (κ1) is 20.4. The van der Waals surface area contributed by atoms with Gasteiger partial charge in [-0.05, 0) is 56.6 Å². The summed E-state index contributed by atoms with van der Waals surface area (Å²) in [6.45, 7) is 4.84. The van der Waals surface area contributed by atoms with Crippen molar-refractivity contribution in [2.75, 3.05) is 30.7 Å². The molecule has 0 bridgehead atoms. The van der Waals surface area contributed by atoms with Crippen molar-refractivity contribution in [3.05, 3.63) is 84.3 Å². The molecule has 0 aliphatic heterocycles. The van der Waals surface area contributed by atoms with Crippen molar-refractivity contribution in [3.63, 3.8) is 0 Å². The molecule has 27 heavy (non-hydrogen) atoms. The number of aromatic nitrogens is 2. The highest BCUT2D eigenvalue weighted by molar-refractivity contribution is 5.60. The fraction of sp³-hybridized carbons (Fsp3) is 0.273. The molecule has 5 heteroatoms. The second-order valence-corrected chi connectivity index (χ2v) is 6.18. The number of nitrogens with zero attached hydrogens (tertiary/aromatic N) is 2. The van der Waals surface area contributed by atoms with E-state index in [9.17, 15) is 0 Å². The first-order valence-electron chi connectivity index (χ1n) is 9.32. The van der Waals surface area contributed by atoms with Gasteiger partial charge < -0.3 is 16.4 Å². The Hall–Kier alpha value is -2.92. The SMILES string of the molecule is Cc1ccc(CCNCCCNc2cccnc2N)cn1.c1ccccc1. The minimum atomic E-state index is 0.553. The minimum absolute atomic E-state index is 0.553. The predicted octanol–water partition coefficient (Wildman–Crippen LogP) is 3.69. The molecule has 0 aliphatic rings. The molecule has 2 aromatic heterocycles. The first-order chi connectivity index (χ1) is 13.3. The van der Waals surface area contributed by atoms with Gasteiger partial charge in [-0.15, -0.1) is 0 Å². The van der Waals surface area contributed by atoms with Crippen molar-refractivity contribution in [2.24, 2.45) is 0 Å². The number of anilines is 2. The summed E-state index contributed by atoms with van der Waals surface area (Å²) in [5.41, 5.74) is 9.00. The van der Waals surface area contributed by atoms with Gasteiger partial charge in [0.2, 0.25) is 0 Å². The van der Waals surface area contributed by atoms with Crippen LogP contribution in [0.5, 0.6) is 0 Å². The molecule has 0 radical (unpaired) electrons. The molecular weight excluding hydrogens is 334 g/mol. The summed E-state index contributed by atoms with van der Waals surface area (Å²) in [4.78, 5) is 8.33. The highest BCUT2D eigenvalue weighted by Crippen LogP contribution is 2.12. The third kappa shape index (κ3) is 8.83. The van der Waals surface area contributed by atoms with Crippen LogP contribution in [0.4, 0.5) is 11.5 Å². The molecule has 2 heterocycles. The van der Waals surface area contributed by atoms with Crippen LogP contribution >= 0.6 is 0 Å². The number of nitrogen functional groups attached to an aromatic ring is 1. The molecule has 3 rings (SSSR count). The Morgan fingerprint density at radius 1 is 0.852 bits per heavy atom. The second kappa shape index (κ2) is 12.4. The van der Waals surface area contributed by atoms with E-state index in [1.54, 1.807) is 6.20 Å². The lowest BCUT2D eigenvalue weighted by Crippen LogP contribution is -2.21. The van der Waals surface area contributed by atoms with Gasteiger partial charge >= 0.3 is 0 Å². The fourth-order valence-corrected chi connectivity index (χ4v) is 2.39. The molecule has 5 nitrogen and oxygen atoms in total. The monoisotopic (exact) mass is 363 g/mol. The number of hydrogen-bond donors (Lipinski definition) is 3. The number of rotatable bonds is 8. The largest absolute Gasteiger partial charge is 0.382 e. The summed E-state index contributed by atoms with van der Waals surface area (Å²) < 4.78 is 0. The summed E-state index contributed by atoms with van der Waals surface area (Å²) in [6, 6.07) is 20.0. The van der Waals surface area contributed by atoms with E-state index >= 15 is 0 Å². The van der Waals surface area contributed by atoms with Crippen molar-refractivity contribution in [3.8, 4) is 0 Å². The highest BCUT2D eigenvalue weighted by atomic mass is 15.0. The predicted molar refractivity (Wildman–Crippen MR) is 114 cm³/mol. The van der Waals surface area contributed by atoms with Crippen molar-refractivity contribution >= 4 is 11.5 Å². The van der Waals surface area contributed by atoms with Crippen molar-refractivity contribution in [2.45, 2.75) is 19.8 Å². The molecule has 4 N–H and O–H groups in total. The van der Waals surface area contributed by atoms with Crippen LogP contribution in [0.3, 0.4) is 0 Å². The van der Waals surface area contributed by atoms with E-state index in [-0.39, 0.29) is 0 Å². The Balaban J connectivity index is 0.000000369. The van der Waals surface area contributed by atoms with E-state index in [0.717, 1.165) is 43.9 Å². The standard InChI is InChI=1S/C16H23N5.C6H6/c1-13-5-6-14(12-21-13)7-11-18-8-3-10-19-15-4-2-9-20-16(15)17;1-2-4-6-5-3-1/h2,4-6,9,12,18-19H,3,7-8,10-11H2,1H3,(H2,17,20);1-6H. The zero-order valence-corrected chi connectivity index (χ0v) is 15.9. The molecule has 3 aromatic rings. The maximum Gasteiger partial charge on any atom is 0.146 e. The second-order valence-electron chi connectivity index (χ2n) is 6.18. The van der Waals surface area contributed by atoms with Crippen molar-refractivity contribution < 1.29 is 0 Å². The van der Waals surface area contributed by atoms with Crippen LogP contribution < -0.4 is 16.4 Å². The zero-order chi connectivity index (χ0) is 19.2. The Kier molecular flexibility index (Phi) is 9.39. The topological polar surface area (TPSA) is 75.9 Å². The van der Waals surface area contributed by atoms with Crippen LogP contribution in [0.1, 0.15) is 17.7 Å². The normalized spacial score (nSPS) is 9.96. The molecule has 0 saturated carbocycles. The van der Waals surface area contributed by atoms with E-state index in [1.807, 2.05) is 61.7 Å². The number of nitrogens with two attached hydrogens (primary N) is 1. The van der Waals surface area contributed by atoms with Gasteiger partial charge in [-0.2, -0.15) is 0 Å². The molecule has 0 amide bonds. The first-order valence-corrected chi connectivity index (χ1v) is 9.32. The van der Waals surface area contributed by atoms with Gasteiger partial charge in [0.25, 0.3) is 0 Å². The van der Waals surface area contributed by atoms with Crippen molar-refractivity contribution in [1.82, 2.24) is 15.3 Å². The smallest absolute Gasteiger partial charge is 0.146 e. The lowest BCUT2D eigenvalue weighted by molar-refractivity contribution is 0.659. The van der Waals surface area contributed by atoms with Crippen LogP contribution in [-0.4, -0.2) is 29.6 Å². The number of nitrogens with one attached hydrogen (secondary N) is 2. The molecule has 1 aromatic carbocycles. The van der Waals surface area contributed by atoms with Gasteiger partial charge in [0, 0.05) is 24.6 Å². The molecule has 142 valence electrons. The lowest BCUT2D eigenvalue weighted by Gasteiger charge is -2.09. The number of benzene rings is 1. The summed E-state index contributed by atoms with van der Waals surface area (Å²) >= 11 is 0. The van der Waals surface area contributed by atoms with Crippen LogP contribution in [0.2, 0.25) is 0 Å². The maximum atomic E-state index is 5.76. The van der Waals surface area contributed by atoms with Gasteiger partial charge in [-0.25, -0.2) is 4.98 Å². The van der Waals surface area contributed by atoms with Gasteiger partial charge in [0.05, 0.1) is 5.69 Å². The molecule has 0 spiro atoms. The molecule has 0 fully saturated rings. The lowest BCUT2D eigenvalue weighted by atomic mass is 10.2. The van der Waals surface area contributed by atoms with E-state index < -0.39 is 0 Å². The van der Waals surface area contributed by atoms with Crippen LogP contribution in [0.25, 0.3) is 0 Å². The number of aryl methyl sites for hydroxylation is 1. The van der Waals surface area contributed by atoms with E-state index in [0.29, 0.717) is 5.82 Å². The number of hydrogen-bond acceptors (Lipinski definition) is 5. The quantitative estimate of drug-likeness (QED) is 0.532. The fourth-order valence-electron chi connectivity index (χ4n) is 2.39. The third-order valence-electron chi connectivity index (χ3n) is 3.91.